The van der Waals surface area contributed by atoms with Crippen molar-refractivity contribution < 1.29 is 14.6 Å². The first-order chi connectivity index (χ1) is 16.6. The molecule has 1 saturated heterocycles. The van der Waals surface area contributed by atoms with Crippen molar-refractivity contribution in [3.05, 3.63) is 65.5 Å². The van der Waals surface area contributed by atoms with E-state index in [0.717, 1.165) is 12.0 Å². The van der Waals surface area contributed by atoms with Crippen molar-refractivity contribution in [1.82, 2.24) is 25.3 Å². The number of nitrogens with zero attached hydrogens (tertiary/aromatic N) is 5. The van der Waals surface area contributed by atoms with Gasteiger partial charge in [0.1, 0.15) is 11.6 Å². The lowest BCUT2D eigenvalue weighted by atomic mass is 10.1. The van der Waals surface area contributed by atoms with E-state index < -0.39 is 0 Å². The van der Waals surface area contributed by atoms with E-state index in [4.69, 9.17) is 16.3 Å². The number of carbonyl (C=O) groups is 1. The quantitative estimate of drug-likeness (QED) is 0.418. The maximum Gasteiger partial charge on any atom is 0.232 e. The number of benzene rings is 1. The molecule has 11 heteroatoms. The summed E-state index contributed by atoms with van der Waals surface area (Å²) in [6, 6.07) is 7.43. The molecule has 4 rings (SSSR count). The van der Waals surface area contributed by atoms with Gasteiger partial charge in [0, 0.05) is 31.5 Å². The zero-order chi connectivity index (χ0) is 23.9. The molecule has 1 amide bonds. The number of hydrogen-bond acceptors (Lipinski definition) is 9. The number of anilines is 2. The molecule has 1 aliphatic heterocycles. The molecule has 10 nitrogen and oxygen atoms in total. The smallest absolute Gasteiger partial charge is 0.232 e. The Morgan fingerprint density at radius 1 is 1.24 bits per heavy atom. The molecular weight excluding hydrogens is 458 g/mol. The minimum atomic E-state index is -0.250. The van der Waals surface area contributed by atoms with Gasteiger partial charge in [-0.05, 0) is 30.2 Å². The summed E-state index contributed by atoms with van der Waals surface area (Å²) in [5.74, 6) is 1.33. The third kappa shape index (κ3) is 5.96. The molecule has 3 heterocycles. The fraction of sp³-hybridized carbons (Fsp3) is 0.348. The number of methoxy groups -OCH3 is 1. The van der Waals surface area contributed by atoms with Crippen molar-refractivity contribution in [3.63, 3.8) is 0 Å². The molecule has 0 radical (unpaired) electrons. The zero-order valence-electron chi connectivity index (χ0n) is 18.7. The maximum absolute atomic E-state index is 12.2. The number of amides is 1. The molecular formula is C23H26ClN7O3. The molecule has 3 N–H and O–H groups in total. The first kappa shape index (κ1) is 23.8. The monoisotopic (exact) mass is 483 g/mol. The Bertz CT molecular complexity index is 1100. The lowest BCUT2D eigenvalue weighted by molar-refractivity contribution is -0.115. The fourth-order valence-electron chi connectivity index (χ4n) is 3.87. The second kappa shape index (κ2) is 11.2. The van der Waals surface area contributed by atoms with Crippen molar-refractivity contribution in [3.8, 4) is 5.75 Å². The number of aromatic nitrogens is 4. The Morgan fingerprint density at radius 2 is 2.00 bits per heavy atom. The second-order valence-corrected chi connectivity index (χ2v) is 8.34. The number of carbonyl (C=O) groups excluding carboxylic acids is 1. The van der Waals surface area contributed by atoms with Crippen LogP contribution in [-0.2, 0) is 17.8 Å². The van der Waals surface area contributed by atoms with E-state index in [1.165, 1.54) is 0 Å². The molecule has 0 saturated carbocycles. The van der Waals surface area contributed by atoms with Gasteiger partial charge < -0.3 is 25.4 Å². The van der Waals surface area contributed by atoms with Crippen LogP contribution in [0.2, 0.25) is 5.02 Å². The molecule has 1 aliphatic rings. The first-order valence-electron chi connectivity index (χ1n) is 10.9. The van der Waals surface area contributed by atoms with Crippen LogP contribution in [0.1, 0.15) is 17.8 Å². The van der Waals surface area contributed by atoms with E-state index in [2.05, 4.69) is 30.6 Å². The third-order valence-electron chi connectivity index (χ3n) is 5.55. The standard InChI is InChI=1S/C23H26ClN7O3/c1-34-20-4-3-15(7-19(20)24)10-27-16-8-18(14-32)31(13-16)23-28-11-17(12-29-23)30-22(33)9-21-25-5-2-6-26-21/h2-7,11-12,16,18,27,32H,8-10,13-14H2,1H3,(H,30,33)/t16-,18-/m0/s1. The summed E-state index contributed by atoms with van der Waals surface area (Å²) in [4.78, 5) is 31.1. The summed E-state index contributed by atoms with van der Waals surface area (Å²) < 4.78 is 5.20. The predicted molar refractivity (Wildman–Crippen MR) is 128 cm³/mol. The van der Waals surface area contributed by atoms with E-state index in [1.807, 2.05) is 23.1 Å². The molecule has 0 unspecified atom stereocenters. The van der Waals surface area contributed by atoms with Crippen LogP contribution >= 0.6 is 11.6 Å². The fourth-order valence-corrected chi connectivity index (χ4v) is 4.15. The Kier molecular flexibility index (Phi) is 7.84. The van der Waals surface area contributed by atoms with E-state index in [1.54, 1.807) is 38.0 Å². The topological polar surface area (TPSA) is 125 Å². The number of aliphatic hydroxyl groups is 1. The van der Waals surface area contributed by atoms with Crippen molar-refractivity contribution in [1.29, 1.82) is 0 Å². The Hall–Kier alpha value is -3.34. The zero-order valence-corrected chi connectivity index (χ0v) is 19.4. The number of halogens is 1. The second-order valence-electron chi connectivity index (χ2n) is 7.93. The highest BCUT2D eigenvalue weighted by atomic mass is 35.5. The number of aliphatic hydroxyl groups excluding tert-OH is 1. The molecule has 178 valence electrons. The molecule has 2 atom stereocenters. The largest absolute Gasteiger partial charge is 0.495 e. The summed E-state index contributed by atoms with van der Waals surface area (Å²) in [5, 5.41) is 16.7. The number of ether oxygens (including phenoxy) is 1. The average Bonchev–Trinajstić information content (AvgIpc) is 3.27. The average molecular weight is 484 g/mol. The molecule has 1 fully saturated rings. The van der Waals surface area contributed by atoms with Crippen LogP contribution in [0.3, 0.4) is 0 Å². The van der Waals surface area contributed by atoms with Crippen molar-refractivity contribution in [2.24, 2.45) is 0 Å². The Balaban J connectivity index is 1.33. The predicted octanol–water partition coefficient (Wildman–Crippen LogP) is 1.84. The van der Waals surface area contributed by atoms with Crippen LogP contribution in [0.5, 0.6) is 5.75 Å². The van der Waals surface area contributed by atoms with Crippen LogP contribution in [-0.4, -0.2) is 63.3 Å². The first-order valence-corrected chi connectivity index (χ1v) is 11.2. The molecule has 0 aliphatic carbocycles. The van der Waals surface area contributed by atoms with E-state index in [-0.39, 0.29) is 31.0 Å². The van der Waals surface area contributed by atoms with Gasteiger partial charge >= 0.3 is 0 Å². The van der Waals surface area contributed by atoms with Gasteiger partial charge in [-0.2, -0.15) is 0 Å². The van der Waals surface area contributed by atoms with E-state index in [0.29, 0.717) is 41.3 Å². The van der Waals surface area contributed by atoms with Crippen molar-refractivity contribution in [2.45, 2.75) is 31.5 Å². The molecule has 0 spiro atoms. The van der Waals surface area contributed by atoms with E-state index in [9.17, 15) is 9.90 Å². The maximum atomic E-state index is 12.2. The van der Waals surface area contributed by atoms with Gasteiger partial charge in [0.15, 0.2) is 0 Å². The van der Waals surface area contributed by atoms with Gasteiger partial charge in [-0.3, -0.25) is 4.79 Å². The molecule has 0 bridgehead atoms. The number of rotatable bonds is 9. The normalized spacial score (nSPS) is 17.6. The molecule has 34 heavy (non-hydrogen) atoms. The van der Waals surface area contributed by atoms with Crippen molar-refractivity contribution >= 4 is 29.1 Å². The van der Waals surface area contributed by atoms with Crippen LogP contribution in [0, 0.1) is 0 Å². The van der Waals surface area contributed by atoms with Gasteiger partial charge in [0.05, 0.1) is 49.3 Å². The number of hydrogen-bond donors (Lipinski definition) is 3. The SMILES string of the molecule is COc1ccc(CN[C@H]2C[C@@H](CO)N(c3ncc(NC(=O)Cc4ncccn4)cn3)C2)cc1Cl. The molecule has 2 aromatic heterocycles. The lowest BCUT2D eigenvalue weighted by Crippen LogP contribution is -2.35. The lowest BCUT2D eigenvalue weighted by Gasteiger charge is -2.22. The van der Waals surface area contributed by atoms with Gasteiger partial charge in [0.2, 0.25) is 11.9 Å². The highest BCUT2D eigenvalue weighted by Gasteiger charge is 2.33. The summed E-state index contributed by atoms with van der Waals surface area (Å²) in [7, 11) is 1.59. The summed E-state index contributed by atoms with van der Waals surface area (Å²) >= 11 is 6.22. The Labute approximate surface area is 202 Å². The van der Waals surface area contributed by atoms with Crippen LogP contribution in [0.25, 0.3) is 0 Å². The van der Waals surface area contributed by atoms with Crippen LogP contribution in [0.15, 0.2) is 49.1 Å². The van der Waals surface area contributed by atoms with Gasteiger partial charge in [0.25, 0.3) is 0 Å². The summed E-state index contributed by atoms with van der Waals surface area (Å²) in [6.07, 6.45) is 7.11. The third-order valence-corrected chi connectivity index (χ3v) is 5.85. The van der Waals surface area contributed by atoms with Gasteiger partial charge in [-0.15, -0.1) is 0 Å². The highest BCUT2D eigenvalue weighted by Crippen LogP contribution is 2.26. The highest BCUT2D eigenvalue weighted by molar-refractivity contribution is 6.32. The Morgan fingerprint density at radius 3 is 2.68 bits per heavy atom. The minimum absolute atomic E-state index is 0.00847. The van der Waals surface area contributed by atoms with Crippen LogP contribution in [0.4, 0.5) is 11.6 Å². The van der Waals surface area contributed by atoms with Crippen LogP contribution < -0.4 is 20.3 Å². The van der Waals surface area contributed by atoms with Crippen molar-refractivity contribution in [2.75, 3.05) is 30.5 Å². The summed E-state index contributed by atoms with van der Waals surface area (Å²) in [5.41, 5.74) is 1.53. The molecule has 3 aromatic rings. The molecule has 1 aromatic carbocycles. The van der Waals surface area contributed by atoms with E-state index >= 15 is 0 Å². The van der Waals surface area contributed by atoms with Gasteiger partial charge in [-0.1, -0.05) is 17.7 Å². The van der Waals surface area contributed by atoms with Gasteiger partial charge in [-0.25, -0.2) is 19.9 Å². The number of nitrogens with one attached hydrogen (secondary N) is 2. The summed E-state index contributed by atoms with van der Waals surface area (Å²) in [6.45, 7) is 1.27. The minimum Gasteiger partial charge on any atom is -0.495 e.